The second-order valence-corrected chi connectivity index (χ2v) is 11.8. The Morgan fingerprint density at radius 3 is 2.46 bits per heavy atom. The molecule has 2 aliphatic rings. The van der Waals surface area contributed by atoms with E-state index in [1.165, 1.54) is 29.2 Å². The van der Waals surface area contributed by atoms with Gasteiger partial charge in [-0.05, 0) is 49.1 Å². The van der Waals surface area contributed by atoms with Gasteiger partial charge in [0.1, 0.15) is 11.8 Å². The summed E-state index contributed by atoms with van der Waals surface area (Å²) in [4.78, 5) is 53.7. The molecule has 0 aromatic heterocycles. The zero-order valence-electron chi connectivity index (χ0n) is 21.9. The molecule has 0 aliphatic carbocycles. The van der Waals surface area contributed by atoms with Crippen LogP contribution < -0.4 is 9.97 Å². The first-order valence-electron chi connectivity index (χ1n) is 12.6. The second-order valence-electron chi connectivity index (χ2n) is 9.77. The summed E-state index contributed by atoms with van der Waals surface area (Å²) in [6, 6.07) is 8.84. The van der Waals surface area contributed by atoms with E-state index in [-0.39, 0.29) is 30.0 Å². The van der Waals surface area contributed by atoms with Crippen LogP contribution in [-0.2, 0) is 30.6 Å². The van der Waals surface area contributed by atoms with Gasteiger partial charge in [-0.25, -0.2) is 13.2 Å². The van der Waals surface area contributed by atoms with Crippen LogP contribution >= 0.6 is 0 Å². The fraction of sp³-hybridized carbons (Fsp3) is 0.385. The number of nitrogens with zero attached hydrogens (tertiary/aromatic N) is 2. The van der Waals surface area contributed by atoms with Crippen LogP contribution in [-0.4, -0.2) is 79.9 Å². The highest BCUT2D eigenvalue weighted by atomic mass is 32.2. The molecule has 2 heterocycles. The number of hydrogen-bond acceptors (Lipinski definition) is 8. The van der Waals surface area contributed by atoms with Gasteiger partial charge in [-0.15, -0.1) is 0 Å². The molecule has 0 bridgehead atoms. The highest BCUT2D eigenvalue weighted by molar-refractivity contribution is 7.90. The third-order valence-electron chi connectivity index (χ3n) is 7.05. The molecule has 1 unspecified atom stereocenters. The number of piperazine rings is 1. The monoisotopic (exact) mass is 555 g/mol. The van der Waals surface area contributed by atoms with E-state index in [2.05, 4.69) is 5.32 Å². The lowest BCUT2D eigenvalue weighted by Crippen LogP contribution is -2.58. The summed E-state index contributed by atoms with van der Waals surface area (Å²) in [6.07, 6.45) is 1.24. The maximum atomic E-state index is 13.6. The van der Waals surface area contributed by atoms with E-state index in [4.69, 9.17) is 4.65 Å². The van der Waals surface area contributed by atoms with E-state index in [1.54, 1.807) is 6.92 Å². The number of rotatable bonds is 7. The second kappa shape index (κ2) is 11.2. The summed E-state index contributed by atoms with van der Waals surface area (Å²) < 4.78 is 29.5. The Morgan fingerprint density at radius 2 is 1.82 bits per heavy atom. The number of sulfone groups is 1. The lowest BCUT2D eigenvalue weighted by molar-refractivity contribution is -0.153. The van der Waals surface area contributed by atoms with Gasteiger partial charge in [0.15, 0.2) is 15.6 Å². The number of fused-ring (bicyclic) bond motifs is 1. The van der Waals surface area contributed by atoms with Crippen molar-refractivity contribution in [3.63, 3.8) is 0 Å². The molecule has 2 aromatic rings. The first-order valence-corrected chi connectivity index (χ1v) is 14.5. The molecule has 2 N–H and O–H groups in total. The van der Waals surface area contributed by atoms with Gasteiger partial charge in [0.2, 0.25) is 0 Å². The number of Topliss-reactive ketones (excluding diaryl/α,β-unsaturated/α-hetero) is 1. The molecule has 0 spiro atoms. The van der Waals surface area contributed by atoms with Crippen LogP contribution in [0.25, 0.3) is 0 Å². The summed E-state index contributed by atoms with van der Waals surface area (Å²) in [5.74, 6) is -2.33. The van der Waals surface area contributed by atoms with Crippen molar-refractivity contribution >= 4 is 40.6 Å². The largest absolute Gasteiger partial charge is 0.536 e. The highest BCUT2D eigenvalue weighted by Crippen LogP contribution is 2.36. The number of amides is 4. The Bertz CT molecular complexity index is 1410. The third kappa shape index (κ3) is 5.99. The summed E-state index contributed by atoms with van der Waals surface area (Å²) in [5.41, 5.74) is 1.98. The van der Waals surface area contributed by atoms with Gasteiger partial charge >= 0.3 is 25.0 Å². The quantitative estimate of drug-likeness (QED) is 0.383. The van der Waals surface area contributed by atoms with Crippen LogP contribution in [0.4, 0.5) is 4.79 Å². The topological polar surface area (TPSA) is 150 Å². The molecular weight excluding hydrogens is 525 g/mol. The van der Waals surface area contributed by atoms with Crippen LogP contribution in [0.1, 0.15) is 36.1 Å². The van der Waals surface area contributed by atoms with Gasteiger partial charge in [0, 0.05) is 38.1 Å². The Morgan fingerprint density at radius 1 is 1.13 bits per heavy atom. The number of para-hydroxylation sites is 1. The number of likely N-dealkylation sites (N-methyl/N-ethyl adjacent to an activating group) is 1. The van der Waals surface area contributed by atoms with Gasteiger partial charge in [0.05, 0.1) is 4.90 Å². The Kier molecular flexibility index (Phi) is 8.12. The minimum atomic E-state index is -3.51. The molecule has 206 valence electrons. The molecule has 1 fully saturated rings. The number of nitrogens with one attached hydrogen (secondary N) is 1. The fourth-order valence-corrected chi connectivity index (χ4v) is 5.45. The molecule has 2 aromatic carbocycles. The van der Waals surface area contributed by atoms with Crippen LogP contribution in [0.5, 0.6) is 5.75 Å². The van der Waals surface area contributed by atoms with Gasteiger partial charge in [-0.2, -0.15) is 0 Å². The minimum absolute atomic E-state index is 0.0308. The number of imide groups is 1. The van der Waals surface area contributed by atoms with Crippen LogP contribution in [0.15, 0.2) is 47.4 Å². The SMILES string of the molecule is CCN1CCN(C(=O)NC(C(=O)C[C@H]2Cc3cccc(C)c3OB2O)c2ccc(S(C)(=O)=O)cc2)C(=O)C1=O. The number of benzene rings is 2. The van der Waals surface area contributed by atoms with E-state index >= 15 is 0 Å². The number of carbonyl (C=O) groups is 4. The van der Waals surface area contributed by atoms with Gasteiger partial charge < -0.3 is 19.9 Å². The van der Waals surface area contributed by atoms with Gasteiger partial charge in [0.25, 0.3) is 0 Å². The first kappa shape index (κ1) is 28.3. The molecule has 2 atom stereocenters. The first-order chi connectivity index (χ1) is 18.4. The number of urea groups is 1. The van der Waals surface area contributed by atoms with Crippen molar-refractivity contribution in [1.82, 2.24) is 15.1 Å². The van der Waals surface area contributed by atoms with Crippen molar-refractivity contribution in [2.24, 2.45) is 0 Å². The summed E-state index contributed by atoms with van der Waals surface area (Å²) in [7, 11) is -4.76. The van der Waals surface area contributed by atoms with Crippen LogP contribution in [0.3, 0.4) is 0 Å². The molecular formula is C26H30BN3O8S. The Hall–Kier alpha value is -3.71. The molecule has 11 nitrogen and oxygen atoms in total. The van der Waals surface area contributed by atoms with E-state index in [1.807, 2.05) is 25.1 Å². The molecule has 0 radical (unpaired) electrons. The maximum Gasteiger partial charge on any atom is 0.526 e. The lowest BCUT2D eigenvalue weighted by atomic mass is 9.64. The maximum absolute atomic E-state index is 13.6. The lowest BCUT2D eigenvalue weighted by Gasteiger charge is -2.33. The molecule has 13 heteroatoms. The zero-order chi connectivity index (χ0) is 28.5. The minimum Gasteiger partial charge on any atom is -0.536 e. The molecule has 2 aliphatic heterocycles. The zero-order valence-corrected chi connectivity index (χ0v) is 22.7. The normalized spacial score (nSPS) is 18.4. The third-order valence-corrected chi connectivity index (χ3v) is 8.18. The van der Waals surface area contributed by atoms with Crippen molar-refractivity contribution in [2.45, 2.75) is 43.4 Å². The molecule has 4 rings (SSSR count). The smallest absolute Gasteiger partial charge is 0.526 e. The Labute approximate surface area is 227 Å². The number of aryl methyl sites for hydroxylation is 1. The summed E-state index contributed by atoms with van der Waals surface area (Å²) in [5, 5.41) is 13.2. The van der Waals surface area contributed by atoms with Crippen molar-refractivity contribution < 1.29 is 37.3 Å². The number of ketones is 1. The van der Waals surface area contributed by atoms with E-state index < -0.39 is 52.4 Å². The van der Waals surface area contributed by atoms with Gasteiger partial charge in [-0.1, -0.05) is 30.3 Å². The van der Waals surface area contributed by atoms with Crippen LogP contribution in [0, 0.1) is 6.92 Å². The van der Waals surface area contributed by atoms with E-state index in [0.717, 1.165) is 22.3 Å². The molecule has 1 saturated heterocycles. The molecule has 0 saturated carbocycles. The van der Waals surface area contributed by atoms with Gasteiger partial charge in [-0.3, -0.25) is 19.3 Å². The Balaban J connectivity index is 1.58. The predicted octanol–water partition coefficient (Wildman–Crippen LogP) is 1.28. The predicted molar refractivity (Wildman–Crippen MR) is 142 cm³/mol. The number of hydrogen-bond donors (Lipinski definition) is 2. The van der Waals surface area contributed by atoms with Crippen molar-refractivity contribution in [3.05, 3.63) is 59.2 Å². The molecule has 4 amide bonds. The summed E-state index contributed by atoms with van der Waals surface area (Å²) >= 11 is 0. The van der Waals surface area contributed by atoms with E-state index in [9.17, 15) is 32.6 Å². The number of carbonyl (C=O) groups excluding carboxylic acids is 4. The average Bonchev–Trinajstić information content (AvgIpc) is 2.89. The van der Waals surface area contributed by atoms with Crippen LogP contribution in [0.2, 0.25) is 5.82 Å². The molecule has 39 heavy (non-hydrogen) atoms. The van der Waals surface area contributed by atoms with Crippen molar-refractivity contribution in [2.75, 3.05) is 25.9 Å². The van der Waals surface area contributed by atoms with Crippen molar-refractivity contribution in [3.8, 4) is 5.75 Å². The highest BCUT2D eigenvalue weighted by Gasteiger charge is 2.40. The average molecular weight is 555 g/mol. The summed E-state index contributed by atoms with van der Waals surface area (Å²) in [6.45, 7) is 4.03. The van der Waals surface area contributed by atoms with Crippen molar-refractivity contribution in [1.29, 1.82) is 0 Å². The van der Waals surface area contributed by atoms with E-state index in [0.29, 0.717) is 18.7 Å². The standard InChI is InChI=1S/C26H30BN3O8S/c1-4-29-12-13-30(25(33)24(29)32)26(34)28-22(17-8-10-20(11-9-17)39(3,36)37)21(31)15-19-14-18-7-5-6-16(2)23(18)38-27(19)35/h5-11,19,22,35H,4,12-15H2,1-3H3,(H,28,34)/t19-,22?/m1/s1. The fourth-order valence-electron chi connectivity index (χ4n) is 4.82.